The average molecular weight is 283 g/mol. The van der Waals surface area contributed by atoms with Crippen molar-refractivity contribution in [2.45, 2.75) is 19.0 Å². The maximum absolute atomic E-state index is 11.6. The van der Waals surface area contributed by atoms with Gasteiger partial charge in [-0.15, -0.1) is 11.3 Å². The summed E-state index contributed by atoms with van der Waals surface area (Å²) in [5, 5.41) is 4.99. The van der Waals surface area contributed by atoms with Gasteiger partial charge in [0.15, 0.2) is 0 Å². The van der Waals surface area contributed by atoms with E-state index < -0.39 is 6.04 Å². The summed E-state index contributed by atoms with van der Waals surface area (Å²) in [6.07, 6.45) is 0. The number of thiophene rings is 1. The lowest BCUT2D eigenvalue weighted by Crippen LogP contribution is -2.46. The number of carbonyl (C=O) groups is 1. The Morgan fingerprint density at radius 2 is 2.32 bits per heavy atom. The second kappa shape index (κ2) is 7.00. The van der Waals surface area contributed by atoms with Gasteiger partial charge < -0.3 is 15.8 Å². The molecule has 1 aliphatic rings. The molecule has 0 radical (unpaired) electrons. The zero-order valence-corrected chi connectivity index (χ0v) is 12.0. The first kappa shape index (κ1) is 14.5. The Kier molecular flexibility index (Phi) is 5.33. The zero-order valence-electron chi connectivity index (χ0n) is 11.2. The van der Waals surface area contributed by atoms with Crippen LogP contribution in [0, 0.1) is 0 Å². The van der Waals surface area contributed by atoms with Crippen LogP contribution >= 0.6 is 11.3 Å². The van der Waals surface area contributed by atoms with Gasteiger partial charge in [-0.2, -0.15) is 0 Å². The quantitative estimate of drug-likeness (QED) is 0.830. The van der Waals surface area contributed by atoms with Crippen LogP contribution in [0.15, 0.2) is 17.5 Å². The number of amides is 1. The van der Waals surface area contributed by atoms with Gasteiger partial charge in [0, 0.05) is 24.5 Å². The normalized spacial score (nSPS) is 19.9. The minimum absolute atomic E-state index is 0.102. The highest BCUT2D eigenvalue weighted by molar-refractivity contribution is 7.10. The van der Waals surface area contributed by atoms with Gasteiger partial charge in [0.2, 0.25) is 5.91 Å². The summed E-state index contributed by atoms with van der Waals surface area (Å²) in [6, 6.07) is 3.91. The number of carbonyl (C=O) groups excluding carboxylic acids is 1. The van der Waals surface area contributed by atoms with Crippen molar-refractivity contribution in [1.82, 2.24) is 10.2 Å². The van der Waals surface area contributed by atoms with E-state index in [9.17, 15) is 4.79 Å². The van der Waals surface area contributed by atoms with Crippen LogP contribution in [-0.2, 0) is 9.53 Å². The molecule has 3 N–H and O–H groups in total. The number of hydrogen-bond donors (Lipinski definition) is 2. The van der Waals surface area contributed by atoms with Crippen molar-refractivity contribution >= 4 is 17.2 Å². The average Bonchev–Trinajstić information content (AvgIpc) is 2.94. The molecule has 2 atom stereocenters. The van der Waals surface area contributed by atoms with Gasteiger partial charge in [-0.25, -0.2) is 0 Å². The van der Waals surface area contributed by atoms with Crippen LogP contribution in [0.5, 0.6) is 0 Å². The molecule has 1 fully saturated rings. The van der Waals surface area contributed by atoms with E-state index in [-0.39, 0.29) is 11.9 Å². The SMILES string of the molecule is C[C@H](N)C(=O)NCC(c1cccs1)N1CCOCC1. The molecule has 1 saturated heterocycles. The Labute approximate surface area is 117 Å². The standard InChI is InChI=1S/C13H21N3O2S/c1-10(14)13(17)15-9-11(12-3-2-8-19-12)16-4-6-18-7-5-16/h2-3,8,10-11H,4-7,9,14H2,1H3,(H,15,17)/t10-,11?/m0/s1. The highest BCUT2D eigenvalue weighted by Gasteiger charge is 2.24. The van der Waals surface area contributed by atoms with Crippen LogP contribution in [0.4, 0.5) is 0 Å². The molecule has 2 heterocycles. The van der Waals surface area contributed by atoms with E-state index in [1.807, 2.05) is 6.07 Å². The fourth-order valence-corrected chi connectivity index (χ4v) is 3.00. The molecule has 1 aromatic heterocycles. The minimum Gasteiger partial charge on any atom is -0.379 e. The van der Waals surface area contributed by atoms with Crippen molar-refractivity contribution in [1.29, 1.82) is 0 Å². The van der Waals surface area contributed by atoms with Crippen molar-refractivity contribution < 1.29 is 9.53 Å². The summed E-state index contributed by atoms with van der Waals surface area (Å²) >= 11 is 1.72. The van der Waals surface area contributed by atoms with Crippen LogP contribution in [-0.4, -0.2) is 49.7 Å². The van der Waals surface area contributed by atoms with Crippen molar-refractivity contribution in [2.24, 2.45) is 5.73 Å². The molecule has 1 aliphatic heterocycles. The first-order valence-corrected chi connectivity index (χ1v) is 7.45. The number of hydrogen-bond acceptors (Lipinski definition) is 5. The van der Waals surface area contributed by atoms with E-state index in [1.54, 1.807) is 18.3 Å². The molecule has 2 rings (SSSR count). The molecule has 1 amide bonds. The van der Waals surface area contributed by atoms with Crippen LogP contribution in [0.1, 0.15) is 17.8 Å². The van der Waals surface area contributed by atoms with Gasteiger partial charge in [0.1, 0.15) is 0 Å². The summed E-state index contributed by atoms with van der Waals surface area (Å²) in [6.45, 7) is 5.60. The Morgan fingerprint density at radius 3 is 2.89 bits per heavy atom. The molecule has 0 aromatic carbocycles. The van der Waals surface area contributed by atoms with Gasteiger partial charge in [-0.05, 0) is 18.4 Å². The molecule has 6 heteroatoms. The monoisotopic (exact) mass is 283 g/mol. The fraction of sp³-hybridized carbons (Fsp3) is 0.615. The van der Waals surface area contributed by atoms with E-state index in [2.05, 4.69) is 21.7 Å². The zero-order chi connectivity index (χ0) is 13.7. The molecular formula is C13H21N3O2S. The highest BCUT2D eigenvalue weighted by Crippen LogP contribution is 2.25. The Morgan fingerprint density at radius 1 is 1.58 bits per heavy atom. The van der Waals surface area contributed by atoms with Crippen LogP contribution < -0.4 is 11.1 Å². The molecule has 5 nitrogen and oxygen atoms in total. The predicted molar refractivity (Wildman–Crippen MR) is 76.1 cm³/mol. The lowest BCUT2D eigenvalue weighted by molar-refractivity contribution is -0.122. The Balaban J connectivity index is 2.00. The van der Waals surface area contributed by atoms with Crippen LogP contribution in [0.3, 0.4) is 0 Å². The largest absolute Gasteiger partial charge is 0.379 e. The van der Waals surface area contributed by atoms with E-state index in [0.717, 1.165) is 26.3 Å². The third-order valence-corrected chi connectivity index (χ3v) is 4.21. The van der Waals surface area contributed by atoms with Crippen molar-refractivity contribution in [3.05, 3.63) is 22.4 Å². The summed E-state index contributed by atoms with van der Waals surface area (Å²) < 4.78 is 5.39. The second-order valence-corrected chi connectivity index (χ2v) is 5.69. The molecule has 1 unspecified atom stereocenters. The summed E-state index contributed by atoms with van der Waals surface area (Å²) in [5.74, 6) is -0.102. The fourth-order valence-electron chi connectivity index (χ4n) is 2.14. The predicted octanol–water partition coefficient (Wildman–Crippen LogP) is 0.585. The summed E-state index contributed by atoms with van der Waals surface area (Å²) in [4.78, 5) is 15.3. The van der Waals surface area contributed by atoms with Gasteiger partial charge in [0.05, 0.1) is 25.3 Å². The summed E-state index contributed by atoms with van der Waals surface area (Å²) in [5.41, 5.74) is 5.58. The molecule has 0 spiro atoms. The smallest absolute Gasteiger partial charge is 0.236 e. The number of morpholine rings is 1. The van der Waals surface area contributed by atoms with E-state index in [0.29, 0.717) is 6.54 Å². The van der Waals surface area contributed by atoms with Gasteiger partial charge in [-0.3, -0.25) is 9.69 Å². The van der Waals surface area contributed by atoms with Gasteiger partial charge in [0.25, 0.3) is 0 Å². The topological polar surface area (TPSA) is 67.6 Å². The van der Waals surface area contributed by atoms with E-state index in [4.69, 9.17) is 10.5 Å². The lowest BCUT2D eigenvalue weighted by Gasteiger charge is -2.34. The van der Waals surface area contributed by atoms with Crippen molar-refractivity contribution in [3.63, 3.8) is 0 Å². The first-order valence-electron chi connectivity index (χ1n) is 6.57. The molecular weight excluding hydrogens is 262 g/mol. The van der Waals surface area contributed by atoms with Gasteiger partial charge >= 0.3 is 0 Å². The third kappa shape index (κ3) is 4.01. The number of ether oxygens (including phenoxy) is 1. The second-order valence-electron chi connectivity index (χ2n) is 4.71. The van der Waals surface area contributed by atoms with Gasteiger partial charge in [-0.1, -0.05) is 6.07 Å². The molecule has 0 aliphatic carbocycles. The molecule has 19 heavy (non-hydrogen) atoms. The van der Waals surface area contributed by atoms with Crippen LogP contribution in [0.25, 0.3) is 0 Å². The molecule has 0 bridgehead atoms. The number of rotatable bonds is 5. The number of nitrogens with two attached hydrogens (primary N) is 1. The van der Waals surface area contributed by atoms with Crippen molar-refractivity contribution in [2.75, 3.05) is 32.8 Å². The maximum Gasteiger partial charge on any atom is 0.236 e. The maximum atomic E-state index is 11.6. The van der Waals surface area contributed by atoms with Crippen LogP contribution in [0.2, 0.25) is 0 Å². The molecule has 0 saturated carbocycles. The first-order chi connectivity index (χ1) is 9.18. The highest BCUT2D eigenvalue weighted by atomic mass is 32.1. The van der Waals surface area contributed by atoms with E-state index >= 15 is 0 Å². The summed E-state index contributed by atoms with van der Waals surface area (Å²) in [7, 11) is 0. The molecule has 1 aromatic rings. The van der Waals surface area contributed by atoms with Crippen molar-refractivity contribution in [3.8, 4) is 0 Å². The minimum atomic E-state index is -0.464. The lowest BCUT2D eigenvalue weighted by atomic mass is 10.2. The number of nitrogens with one attached hydrogen (secondary N) is 1. The number of nitrogens with zero attached hydrogens (tertiary/aromatic N) is 1. The Hall–Kier alpha value is -0.950. The molecule has 106 valence electrons. The Bertz CT molecular complexity index is 389. The van der Waals surface area contributed by atoms with E-state index in [1.165, 1.54) is 4.88 Å². The third-order valence-electron chi connectivity index (χ3n) is 3.24.